The molecule has 0 saturated carbocycles. The summed E-state index contributed by atoms with van der Waals surface area (Å²) in [6, 6.07) is 6.88. The van der Waals surface area contributed by atoms with E-state index >= 15 is 0 Å². The Balaban J connectivity index is 2.13. The number of aryl methyl sites for hydroxylation is 1. The maximum Gasteiger partial charge on any atom is 0.122 e. The molecule has 1 aromatic rings. The summed E-state index contributed by atoms with van der Waals surface area (Å²) in [6.45, 7) is 7.07. The third kappa shape index (κ3) is 3.71. The van der Waals surface area contributed by atoms with Crippen molar-refractivity contribution in [3.8, 4) is 5.75 Å². The number of rotatable bonds is 6. The zero-order valence-corrected chi connectivity index (χ0v) is 12.2. The molecule has 0 bridgehead atoms. The van der Waals surface area contributed by atoms with Crippen molar-refractivity contribution in [2.24, 2.45) is 5.92 Å². The van der Waals surface area contributed by atoms with E-state index < -0.39 is 0 Å². The first kappa shape index (κ1) is 14.4. The lowest BCUT2D eigenvalue weighted by molar-refractivity contribution is 0.176. The van der Waals surface area contributed by atoms with Gasteiger partial charge in [0.25, 0.3) is 0 Å². The van der Waals surface area contributed by atoms with Crippen molar-refractivity contribution in [3.05, 3.63) is 29.3 Å². The second-order valence-electron chi connectivity index (χ2n) is 5.31. The predicted molar refractivity (Wildman–Crippen MR) is 77.8 cm³/mol. The number of hydrogen-bond acceptors (Lipinski definition) is 3. The van der Waals surface area contributed by atoms with Crippen LogP contribution < -0.4 is 10.1 Å². The Kier molecular flexibility index (Phi) is 5.23. The first-order chi connectivity index (χ1) is 9.24. The molecule has 1 aromatic carbocycles. The van der Waals surface area contributed by atoms with Gasteiger partial charge >= 0.3 is 0 Å². The molecule has 0 aliphatic carbocycles. The van der Waals surface area contributed by atoms with Gasteiger partial charge in [-0.2, -0.15) is 0 Å². The zero-order valence-electron chi connectivity index (χ0n) is 12.2. The summed E-state index contributed by atoms with van der Waals surface area (Å²) in [5, 5.41) is 3.61. The molecule has 2 atom stereocenters. The standard InChI is InChI=1S/C16H25NO2/c1-4-17-15(13-7-8-19-11-13)10-14-9-12(2)5-6-16(14)18-3/h5-6,9,13,15,17H,4,7-8,10-11H2,1-3H3. The average molecular weight is 263 g/mol. The van der Waals surface area contributed by atoms with Gasteiger partial charge in [-0.05, 0) is 37.9 Å². The number of methoxy groups -OCH3 is 1. The van der Waals surface area contributed by atoms with E-state index in [0.717, 1.165) is 38.3 Å². The number of hydrogen-bond donors (Lipinski definition) is 1. The predicted octanol–water partition coefficient (Wildman–Crippen LogP) is 2.56. The minimum atomic E-state index is 0.475. The lowest BCUT2D eigenvalue weighted by Gasteiger charge is -2.24. The van der Waals surface area contributed by atoms with Crippen LogP contribution in [0, 0.1) is 12.8 Å². The van der Waals surface area contributed by atoms with E-state index in [1.165, 1.54) is 11.1 Å². The zero-order chi connectivity index (χ0) is 13.7. The highest BCUT2D eigenvalue weighted by molar-refractivity contribution is 5.37. The molecule has 3 nitrogen and oxygen atoms in total. The van der Waals surface area contributed by atoms with Gasteiger partial charge in [0.05, 0.1) is 13.7 Å². The van der Waals surface area contributed by atoms with E-state index in [0.29, 0.717) is 12.0 Å². The van der Waals surface area contributed by atoms with Crippen LogP contribution in [0.5, 0.6) is 5.75 Å². The minimum absolute atomic E-state index is 0.475. The van der Waals surface area contributed by atoms with Crippen LogP contribution in [-0.2, 0) is 11.2 Å². The molecule has 0 spiro atoms. The molecular weight excluding hydrogens is 238 g/mol. The Morgan fingerprint density at radius 3 is 2.95 bits per heavy atom. The lowest BCUT2D eigenvalue weighted by atomic mass is 9.92. The summed E-state index contributed by atoms with van der Waals surface area (Å²) < 4.78 is 11.0. The monoisotopic (exact) mass is 263 g/mol. The van der Waals surface area contributed by atoms with Crippen LogP contribution in [0.25, 0.3) is 0 Å². The highest BCUT2D eigenvalue weighted by atomic mass is 16.5. The average Bonchev–Trinajstić information content (AvgIpc) is 2.92. The van der Waals surface area contributed by atoms with Crippen LogP contribution in [0.3, 0.4) is 0 Å². The molecule has 19 heavy (non-hydrogen) atoms. The molecule has 2 rings (SSSR count). The fraction of sp³-hybridized carbons (Fsp3) is 0.625. The Bertz CT molecular complexity index is 400. The van der Waals surface area contributed by atoms with Crippen LogP contribution in [0.4, 0.5) is 0 Å². The third-order valence-electron chi connectivity index (χ3n) is 3.88. The van der Waals surface area contributed by atoms with Crippen molar-refractivity contribution in [1.29, 1.82) is 0 Å². The molecular formula is C16H25NO2. The number of nitrogens with one attached hydrogen (secondary N) is 1. The molecule has 1 fully saturated rings. The van der Waals surface area contributed by atoms with Crippen LogP contribution in [0.15, 0.2) is 18.2 Å². The molecule has 0 amide bonds. The van der Waals surface area contributed by atoms with Gasteiger partial charge in [0, 0.05) is 18.6 Å². The van der Waals surface area contributed by atoms with Crippen molar-refractivity contribution < 1.29 is 9.47 Å². The molecule has 3 heteroatoms. The van der Waals surface area contributed by atoms with E-state index in [4.69, 9.17) is 9.47 Å². The van der Waals surface area contributed by atoms with Gasteiger partial charge in [-0.15, -0.1) is 0 Å². The molecule has 2 unspecified atom stereocenters. The lowest BCUT2D eigenvalue weighted by Crippen LogP contribution is -2.38. The number of benzene rings is 1. The van der Waals surface area contributed by atoms with Crippen molar-refractivity contribution >= 4 is 0 Å². The fourth-order valence-electron chi connectivity index (χ4n) is 2.84. The molecule has 0 radical (unpaired) electrons. The van der Waals surface area contributed by atoms with Crippen LogP contribution in [-0.4, -0.2) is 32.9 Å². The maximum absolute atomic E-state index is 5.53. The second kappa shape index (κ2) is 6.92. The van der Waals surface area contributed by atoms with Crippen molar-refractivity contribution in [2.45, 2.75) is 32.7 Å². The summed E-state index contributed by atoms with van der Waals surface area (Å²) >= 11 is 0. The largest absolute Gasteiger partial charge is 0.496 e. The van der Waals surface area contributed by atoms with E-state index in [1.807, 2.05) is 0 Å². The maximum atomic E-state index is 5.53. The summed E-state index contributed by atoms with van der Waals surface area (Å²) in [4.78, 5) is 0. The highest BCUT2D eigenvalue weighted by Gasteiger charge is 2.26. The highest BCUT2D eigenvalue weighted by Crippen LogP contribution is 2.25. The van der Waals surface area contributed by atoms with Crippen LogP contribution in [0.1, 0.15) is 24.5 Å². The fourth-order valence-corrected chi connectivity index (χ4v) is 2.84. The first-order valence-electron chi connectivity index (χ1n) is 7.19. The van der Waals surface area contributed by atoms with Crippen molar-refractivity contribution in [2.75, 3.05) is 26.9 Å². The summed E-state index contributed by atoms with van der Waals surface area (Å²) in [6.07, 6.45) is 2.17. The van der Waals surface area contributed by atoms with Gasteiger partial charge < -0.3 is 14.8 Å². The quantitative estimate of drug-likeness (QED) is 0.855. The summed E-state index contributed by atoms with van der Waals surface area (Å²) in [5.41, 5.74) is 2.58. The molecule has 0 aromatic heterocycles. The summed E-state index contributed by atoms with van der Waals surface area (Å²) in [5.74, 6) is 1.61. The second-order valence-corrected chi connectivity index (χ2v) is 5.31. The Morgan fingerprint density at radius 2 is 2.32 bits per heavy atom. The van der Waals surface area contributed by atoms with Gasteiger partial charge in [-0.3, -0.25) is 0 Å². The third-order valence-corrected chi connectivity index (χ3v) is 3.88. The Hall–Kier alpha value is -1.06. The molecule has 1 heterocycles. The Morgan fingerprint density at radius 1 is 1.47 bits per heavy atom. The van der Waals surface area contributed by atoms with Gasteiger partial charge in [0.1, 0.15) is 5.75 Å². The number of ether oxygens (including phenoxy) is 2. The smallest absolute Gasteiger partial charge is 0.122 e. The van der Waals surface area contributed by atoms with Crippen LogP contribution >= 0.6 is 0 Å². The van der Waals surface area contributed by atoms with Gasteiger partial charge in [-0.1, -0.05) is 24.6 Å². The van der Waals surface area contributed by atoms with Gasteiger partial charge in [-0.25, -0.2) is 0 Å². The van der Waals surface area contributed by atoms with Gasteiger partial charge in [0.15, 0.2) is 0 Å². The van der Waals surface area contributed by atoms with E-state index in [-0.39, 0.29) is 0 Å². The van der Waals surface area contributed by atoms with E-state index in [9.17, 15) is 0 Å². The van der Waals surface area contributed by atoms with Crippen molar-refractivity contribution in [1.82, 2.24) is 5.32 Å². The van der Waals surface area contributed by atoms with Crippen LogP contribution in [0.2, 0.25) is 0 Å². The normalized spacial score (nSPS) is 20.5. The molecule has 1 N–H and O–H groups in total. The van der Waals surface area contributed by atoms with E-state index in [1.54, 1.807) is 7.11 Å². The Labute approximate surface area is 116 Å². The van der Waals surface area contributed by atoms with Gasteiger partial charge in [0.2, 0.25) is 0 Å². The topological polar surface area (TPSA) is 30.5 Å². The molecule has 1 aliphatic heterocycles. The van der Waals surface area contributed by atoms with E-state index in [2.05, 4.69) is 37.4 Å². The van der Waals surface area contributed by atoms with Crippen molar-refractivity contribution in [3.63, 3.8) is 0 Å². The molecule has 1 saturated heterocycles. The first-order valence-corrected chi connectivity index (χ1v) is 7.19. The SMILES string of the molecule is CCNC(Cc1cc(C)ccc1OC)C1CCOC1. The molecule has 106 valence electrons. The summed E-state index contributed by atoms with van der Waals surface area (Å²) in [7, 11) is 1.75. The molecule has 1 aliphatic rings. The number of likely N-dealkylation sites (N-methyl/N-ethyl adjacent to an activating group) is 1. The minimum Gasteiger partial charge on any atom is -0.496 e.